The molecule has 0 amide bonds. The predicted octanol–water partition coefficient (Wildman–Crippen LogP) is 2.09. The van der Waals surface area contributed by atoms with E-state index in [0.29, 0.717) is 24.9 Å². The number of aryl methyl sites for hydroxylation is 1. The standard InChI is InChI=1S/C14H19N3O3/c1-4-19-8-11(15)13-16-14(20-17-13)10-6-5-9(2)12(7-10)18-3/h5-7,11H,4,8,15H2,1-3H3. The molecule has 6 nitrogen and oxygen atoms in total. The van der Waals surface area contributed by atoms with Gasteiger partial charge in [0.1, 0.15) is 5.75 Å². The van der Waals surface area contributed by atoms with Crippen LogP contribution < -0.4 is 10.5 Å². The molecule has 6 heteroatoms. The molecule has 0 spiro atoms. The van der Waals surface area contributed by atoms with E-state index in [0.717, 1.165) is 16.9 Å². The lowest BCUT2D eigenvalue weighted by molar-refractivity contribution is 0.130. The highest BCUT2D eigenvalue weighted by Crippen LogP contribution is 2.26. The van der Waals surface area contributed by atoms with Gasteiger partial charge >= 0.3 is 0 Å². The SMILES string of the molecule is CCOCC(N)c1noc(-c2ccc(C)c(OC)c2)n1. The summed E-state index contributed by atoms with van der Waals surface area (Å²) in [6.07, 6.45) is 0. The van der Waals surface area contributed by atoms with Gasteiger partial charge in [0, 0.05) is 12.2 Å². The van der Waals surface area contributed by atoms with Crippen LogP contribution in [0, 0.1) is 6.92 Å². The zero-order valence-electron chi connectivity index (χ0n) is 11.9. The molecule has 0 fully saturated rings. The van der Waals surface area contributed by atoms with Gasteiger partial charge in [0.15, 0.2) is 5.82 Å². The van der Waals surface area contributed by atoms with Gasteiger partial charge in [-0.3, -0.25) is 0 Å². The topological polar surface area (TPSA) is 83.4 Å². The number of rotatable bonds is 6. The summed E-state index contributed by atoms with van der Waals surface area (Å²) < 4.78 is 15.8. The second kappa shape index (κ2) is 6.49. The molecule has 0 aliphatic heterocycles. The van der Waals surface area contributed by atoms with Crippen LogP contribution in [0.2, 0.25) is 0 Å². The molecule has 0 saturated heterocycles. The number of aromatic nitrogens is 2. The Morgan fingerprint density at radius 3 is 2.90 bits per heavy atom. The van der Waals surface area contributed by atoms with E-state index in [9.17, 15) is 0 Å². The Morgan fingerprint density at radius 1 is 1.40 bits per heavy atom. The van der Waals surface area contributed by atoms with Crippen molar-refractivity contribution >= 4 is 0 Å². The quantitative estimate of drug-likeness (QED) is 0.870. The van der Waals surface area contributed by atoms with E-state index in [1.807, 2.05) is 32.0 Å². The number of nitrogens with two attached hydrogens (primary N) is 1. The lowest BCUT2D eigenvalue weighted by Crippen LogP contribution is -2.18. The molecule has 1 atom stereocenters. The minimum absolute atomic E-state index is 0.368. The Bertz CT molecular complexity index is 569. The van der Waals surface area contributed by atoms with Crippen molar-refractivity contribution in [3.8, 4) is 17.2 Å². The molecule has 2 aromatic rings. The molecular weight excluding hydrogens is 258 g/mol. The smallest absolute Gasteiger partial charge is 0.258 e. The third kappa shape index (κ3) is 3.15. The monoisotopic (exact) mass is 277 g/mol. The van der Waals surface area contributed by atoms with Crippen LogP contribution >= 0.6 is 0 Å². The van der Waals surface area contributed by atoms with Gasteiger partial charge in [0.25, 0.3) is 5.89 Å². The Hall–Kier alpha value is -1.92. The molecule has 0 saturated carbocycles. The van der Waals surface area contributed by atoms with Gasteiger partial charge in [-0.25, -0.2) is 0 Å². The maximum atomic E-state index is 5.92. The van der Waals surface area contributed by atoms with Gasteiger partial charge in [-0.15, -0.1) is 0 Å². The van der Waals surface area contributed by atoms with Crippen molar-refractivity contribution in [2.24, 2.45) is 5.73 Å². The van der Waals surface area contributed by atoms with Crippen LogP contribution in [-0.2, 0) is 4.74 Å². The first-order chi connectivity index (χ1) is 9.65. The van der Waals surface area contributed by atoms with Gasteiger partial charge in [-0.05, 0) is 31.5 Å². The van der Waals surface area contributed by atoms with Crippen molar-refractivity contribution in [2.45, 2.75) is 19.9 Å². The summed E-state index contributed by atoms with van der Waals surface area (Å²) in [4.78, 5) is 4.30. The van der Waals surface area contributed by atoms with E-state index in [2.05, 4.69) is 10.1 Å². The lowest BCUT2D eigenvalue weighted by atomic mass is 10.1. The fourth-order valence-corrected chi connectivity index (χ4v) is 1.78. The molecule has 2 rings (SSSR count). The summed E-state index contributed by atoms with van der Waals surface area (Å²) in [5, 5.41) is 3.89. The van der Waals surface area contributed by atoms with E-state index in [1.54, 1.807) is 7.11 Å². The van der Waals surface area contributed by atoms with Crippen LogP contribution in [0.1, 0.15) is 24.4 Å². The number of nitrogens with zero attached hydrogens (tertiary/aromatic N) is 2. The first kappa shape index (κ1) is 14.5. The summed E-state index contributed by atoms with van der Waals surface area (Å²) in [7, 11) is 1.63. The van der Waals surface area contributed by atoms with Crippen molar-refractivity contribution in [2.75, 3.05) is 20.3 Å². The van der Waals surface area contributed by atoms with Gasteiger partial charge in [-0.2, -0.15) is 4.98 Å². The van der Waals surface area contributed by atoms with Crippen LogP contribution in [0.4, 0.5) is 0 Å². The van der Waals surface area contributed by atoms with E-state index < -0.39 is 0 Å². The zero-order chi connectivity index (χ0) is 14.5. The van der Waals surface area contributed by atoms with E-state index >= 15 is 0 Å². The molecule has 1 aromatic carbocycles. The second-order valence-electron chi connectivity index (χ2n) is 4.41. The molecule has 0 aliphatic rings. The second-order valence-corrected chi connectivity index (χ2v) is 4.41. The first-order valence-corrected chi connectivity index (χ1v) is 6.47. The number of hydrogen-bond donors (Lipinski definition) is 1. The van der Waals surface area contributed by atoms with Crippen LogP contribution in [0.25, 0.3) is 11.5 Å². The zero-order valence-corrected chi connectivity index (χ0v) is 11.9. The summed E-state index contributed by atoms with van der Waals surface area (Å²) in [5.74, 6) is 1.64. The predicted molar refractivity (Wildman–Crippen MR) is 74.4 cm³/mol. The van der Waals surface area contributed by atoms with Gasteiger partial charge < -0.3 is 19.7 Å². The maximum Gasteiger partial charge on any atom is 0.258 e. The Labute approximate surface area is 117 Å². The normalized spacial score (nSPS) is 12.4. The molecule has 20 heavy (non-hydrogen) atoms. The molecule has 0 aliphatic carbocycles. The molecule has 1 aromatic heterocycles. The van der Waals surface area contributed by atoms with Crippen molar-refractivity contribution < 1.29 is 14.0 Å². The number of ether oxygens (including phenoxy) is 2. The van der Waals surface area contributed by atoms with Crippen molar-refractivity contribution in [1.29, 1.82) is 0 Å². The highest BCUT2D eigenvalue weighted by molar-refractivity contribution is 5.57. The molecule has 0 bridgehead atoms. The third-order valence-electron chi connectivity index (χ3n) is 2.93. The molecular formula is C14H19N3O3. The lowest BCUT2D eigenvalue weighted by Gasteiger charge is -2.06. The molecule has 1 heterocycles. The van der Waals surface area contributed by atoms with E-state index in [4.69, 9.17) is 19.7 Å². The highest BCUT2D eigenvalue weighted by atomic mass is 16.5. The van der Waals surface area contributed by atoms with Gasteiger partial charge in [0.2, 0.25) is 0 Å². The minimum Gasteiger partial charge on any atom is -0.496 e. The van der Waals surface area contributed by atoms with Crippen LogP contribution in [0.15, 0.2) is 22.7 Å². The Balaban J connectivity index is 2.20. The van der Waals surface area contributed by atoms with Crippen molar-refractivity contribution in [1.82, 2.24) is 10.1 Å². The Morgan fingerprint density at radius 2 is 2.20 bits per heavy atom. The first-order valence-electron chi connectivity index (χ1n) is 6.47. The van der Waals surface area contributed by atoms with E-state index in [1.165, 1.54) is 0 Å². The van der Waals surface area contributed by atoms with Crippen LogP contribution in [0.3, 0.4) is 0 Å². The molecule has 1 unspecified atom stereocenters. The van der Waals surface area contributed by atoms with E-state index in [-0.39, 0.29) is 6.04 Å². The number of methoxy groups -OCH3 is 1. The maximum absolute atomic E-state index is 5.92. The fraction of sp³-hybridized carbons (Fsp3) is 0.429. The van der Waals surface area contributed by atoms with Gasteiger partial charge in [-0.1, -0.05) is 11.2 Å². The minimum atomic E-state index is -0.389. The molecule has 108 valence electrons. The average molecular weight is 277 g/mol. The summed E-state index contributed by atoms with van der Waals surface area (Å²) in [6.45, 7) is 4.85. The summed E-state index contributed by atoms with van der Waals surface area (Å²) >= 11 is 0. The molecule has 2 N–H and O–H groups in total. The largest absolute Gasteiger partial charge is 0.496 e. The molecule has 0 radical (unpaired) electrons. The van der Waals surface area contributed by atoms with Crippen molar-refractivity contribution in [3.05, 3.63) is 29.6 Å². The van der Waals surface area contributed by atoms with Crippen molar-refractivity contribution in [3.63, 3.8) is 0 Å². The number of hydrogen-bond acceptors (Lipinski definition) is 6. The van der Waals surface area contributed by atoms with Crippen LogP contribution in [0.5, 0.6) is 5.75 Å². The fourth-order valence-electron chi connectivity index (χ4n) is 1.78. The highest BCUT2D eigenvalue weighted by Gasteiger charge is 2.16. The van der Waals surface area contributed by atoms with Gasteiger partial charge in [0.05, 0.1) is 19.8 Å². The number of benzene rings is 1. The van der Waals surface area contributed by atoms with Crippen LogP contribution in [-0.4, -0.2) is 30.5 Å². The average Bonchev–Trinajstić information content (AvgIpc) is 2.95. The third-order valence-corrected chi connectivity index (χ3v) is 2.93. The summed E-state index contributed by atoms with van der Waals surface area (Å²) in [5.41, 5.74) is 7.76. The summed E-state index contributed by atoms with van der Waals surface area (Å²) in [6, 6.07) is 5.32. The Kier molecular flexibility index (Phi) is 4.70.